The molecule has 0 aliphatic rings. The van der Waals surface area contributed by atoms with Gasteiger partial charge in [-0.05, 0) is 42.8 Å². The summed E-state index contributed by atoms with van der Waals surface area (Å²) < 4.78 is 10.9. The monoisotopic (exact) mass is 415 g/mol. The van der Waals surface area contributed by atoms with Gasteiger partial charge in [-0.1, -0.05) is 35.5 Å². The van der Waals surface area contributed by atoms with Crippen LogP contribution >= 0.6 is 0 Å². The highest BCUT2D eigenvalue weighted by Gasteiger charge is 2.13. The van der Waals surface area contributed by atoms with Gasteiger partial charge in [-0.3, -0.25) is 4.98 Å². The van der Waals surface area contributed by atoms with Crippen LogP contribution in [0.1, 0.15) is 18.4 Å². The van der Waals surface area contributed by atoms with Gasteiger partial charge in [-0.15, -0.1) is 0 Å². The molecule has 8 heteroatoms. The molecule has 0 aliphatic heterocycles. The van der Waals surface area contributed by atoms with Gasteiger partial charge in [0.05, 0.1) is 18.7 Å². The highest BCUT2D eigenvalue weighted by atomic mass is 16.5. The second kappa shape index (κ2) is 9.53. The van der Waals surface area contributed by atoms with E-state index in [1.807, 2.05) is 61.5 Å². The predicted octanol–water partition coefficient (Wildman–Crippen LogP) is 4.77. The fourth-order valence-electron chi connectivity index (χ4n) is 3.03. The van der Waals surface area contributed by atoms with Crippen LogP contribution in [0.4, 0.5) is 16.2 Å². The van der Waals surface area contributed by atoms with Gasteiger partial charge in [0, 0.05) is 23.6 Å². The third kappa shape index (κ3) is 5.05. The number of carbonyl (C=O) groups excluding carboxylic acids is 1. The number of amides is 2. The molecule has 0 aliphatic carbocycles. The number of pyridine rings is 1. The quantitative estimate of drug-likeness (QED) is 0.451. The lowest BCUT2D eigenvalue weighted by Crippen LogP contribution is -2.20. The van der Waals surface area contributed by atoms with E-state index in [-0.39, 0.29) is 6.03 Å². The number of aromatic nitrogens is 3. The Morgan fingerprint density at radius 2 is 1.77 bits per heavy atom. The minimum atomic E-state index is -0.374. The van der Waals surface area contributed by atoms with Crippen molar-refractivity contribution >= 4 is 17.4 Å². The number of para-hydroxylation sites is 3. The van der Waals surface area contributed by atoms with Crippen molar-refractivity contribution in [3.63, 3.8) is 0 Å². The van der Waals surface area contributed by atoms with Crippen LogP contribution in [0.15, 0.2) is 77.6 Å². The van der Waals surface area contributed by atoms with Crippen LogP contribution in [0.2, 0.25) is 0 Å². The van der Waals surface area contributed by atoms with Crippen molar-refractivity contribution < 1.29 is 14.1 Å². The molecule has 2 aromatic carbocycles. The van der Waals surface area contributed by atoms with Crippen LogP contribution in [0.5, 0.6) is 5.75 Å². The summed E-state index contributed by atoms with van der Waals surface area (Å²) in [5.74, 6) is 1.52. The zero-order valence-corrected chi connectivity index (χ0v) is 16.9. The molecule has 0 spiro atoms. The summed E-state index contributed by atoms with van der Waals surface area (Å²) >= 11 is 0. The van der Waals surface area contributed by atoms with Gasteiger partial charge in [0.25, 0.3) is 0 Å². The molecule has 4 aromatic rings. The van der Waals surface area contributed by atoms with E-state index in [0.29, 0.717) is 41.9 Å². The van der Waals surface area contributed by atoms with Gasteiger partial charge in [-0.25, -0.2) is 4.79 Å². The van der Waals surface area contributed by atoms with Crippen LogP contribution in [-0.4, -0.2) is 27.8 Å². The number of nitrogens with one attached hydrogen (secondary N) is 2. The van der Waals surface area contributed by atoms with E-state index in [2.05, 4.69) is 25.8 Å². The Hall–Kier alpha value is -4.20. The van der Waals surface area contributed by atoms with Gasteiger partial charge in [0.1, 0.15) is 5.75 Å². The fraction of sp³-hybridized carbons (Fsp3) is 0.130. The molecular formula is C23H21N5O3. The highest BCUT2D eigenvalue weighted by molar-refractivity contribution is 6.01. The van der Waals surface area contributed by atoms with E-state index in [1.165, 1.54) is 0 Å². The Labute approximate surface area is 179 Å². The molecule has 4 rings (SSSR count). The number of urea groups is 1. The second-order valence-electron chi connectivity index (χ2n) is 6.60. The van der Waals surface area contributed by atoms with Crippen molar-refractivity contribution in [2.45, 2.75) is 13.3 Å². The predicted molar refractivity (Wildman–Crippen MR) is 117 cm³/mol. The van der Waals surface area contributed by atoms with Crippen molar-refractivity contribution in [2.24, 2.45) is 0 Å². The van der Waals surface area contributed by atoms with E-state index in [9.17, 15) is 4.79 Å². The van der Waals surface area contributed by atoms with Crippen molar-refractivity contribution in [1.29, 1.82) is 0 Å². The maximum Gasteiger partial charge on any atom is 0.323 e. The first-order valence-electron chi connectivity index (χ1n) is 9.83. The third-order valence-electron chi connectivity index (χ3n) is 4.43. The lowest BCUT2D eigenvalue weighted by molar-refractivity contribution is 0.262. The standard InChI is InChI=1S/C23H21N5O3/c1-2-30-20-12-6-5-11-19(20)26-23(29)25-18-10-4-3-8-16(18)14-21-27-22(28-31-21)17-9-7-13-24-15-17/h3-13,15H,2,14H2,1H3,(H2,25,26,29). The summed E-state index contributed by atoms with van der Waals surface area (Å²) in [6.07, 6.45) is 3.73. The van der Waals surface area contributed by atoms with Crippen molar-refractivity contribution in [1.82, 2.24) is 15.1 Å². The number of rotatable bonds is 7. The molecule has 0 saturated heterocycles. The van der Waals surface area contributed by atoms with Crippen molar-refractivity contribution in [3.05, 3.63) is 84.5 Å². The minimum absolute atomic E-state index is 0.374. The molecule has 2 aromatic heterocycles. The summed E-state index contributed by atoms with van der Waals surface area (Å²) in [5.41, 5.74) is 2.86. The first-order chi connectivity index (χ1) is 15.2. The number of carbonyl (C=O) groups is 1. The van der Waals surface area contributed by atoms with E-state index < -0.39 is 0 Å². The normalized spacial score (nSPS) is 10.5. The van der Waals surface area contributed by atoms with Gasteiger partial charge >= 0.3 is 6.03 Å². The summed E-state index contributed by atoms with van der Waals surface area (Å²) in [6, 6.07) is 18.0. The van der Waals surface area contributed by atoms with Crippen LogP contribution in [-0.2, 0) is 6.42 Å². The molecule has 8 nitrogen and oxygen atoms in total. The maximum atomic E-state index is 12.6. The van der Waals surface area contributed by atoms with Crippen LogP contribution in [0, 0.1) is 0 Å². The summed E-state index contributed by atoms with van der Waals surface area (Å²) in [4.78, 5) is 21.1. The summed E-state index contributed by atoms with van der Waals surface area (Å²) in [6.45, 7) is 2.40. The molecule has 0 fully saturated rings. The molecule has 0 saturated carbocycles. The van der Waals surface area contributed by atoms with Crippen LogP contribution in [0.25, 0.3) is 11.4 Å². The van der Waals surface area contributed by atoms with Gasteiger partial charge in [-0.2, -0.15) is 4.98 Å². The van der Waals surface area contributed by atoms with Gasteiger partial charge in [0.2, 0.25) is 11.7 Å². The average molecular weight is 415 g/mol. The number of hydrogen-bond donors (Lipinski definition) is 2. The molecular weight excluding hydrogens is 394 g/mol. The first kappa shape index (κ1) is 20.1. The molecule has 2 N–H and O–H groups in total. The Bertz CT molecular complexity index is 1160. The number of benzene rings is 2. The number of hydrogen-bond acceptors (Lipinski definition) is 6. The molecule has 0 radical (unpaired) electrons. The molecule has 0 bridgehead atoms. The Morgan fingerprint density at radius 3 is 2.58 bits per heavy atom. The van der Waals surface area contributed by atoms with Crippen LogP contribution in [0.3, 0.4) is 0 Å². The minimum Gasteiger partial charge on any atom is -0.492 e. The smallest absolute Gasteiger partial charge is 0.323 e. The first-order valence-corrected chi connectivity index (χ1v) is 9.83. The lowest BCUT2D eigenvalue weighted by Gasteiger charge is -2.13. The number of nitrogens with zero attached hydrogens (tertiary/aromatic N) is 3. The second-order valence-corrected chi connectivity index (χ2v) is 6.60. The van der Waals surface area contributed by atoms with Crippen LogP contribution < -0.4 is 15.4 Å². The molecule has 2 heterocycles. The molecule has 2 amide bonds. The van der Waals surface area contributed by atoms with Gasteiger partial charge in [0.15, 0.2) is 0 Å². The zero-order chi connectivity index (χ0) is 21.5. The highest BCUT2D eigenvalue weighted by Crippen LogP contribution is 2.25. The summed E-state index contributed by atoms with van der Waals surface area (Å²) in [5, 5.41) is 9.73. The molecule has 0 atom stereocenters. The van der Waals surface area contributed by atoms with Gasteiger partial charge < -0.3 is 19.9 Å². The largest absolute Gasteiger partial charge is 0.492 e. The SMILES string of the molecule is CCOc1ccccc1NC(=O)Nc1ccccc1Cc1nc(-c2cccnc2)no1. The van der Waals surface area contributed by atoms with E-state index in [0.717, 1.165) is 11.1 Å². The zero-order valence-electron chi connectivity index (χ0n) is 16.9. The fourth-order valence-corrected chi connectivity index (χ4v) is 3.03. The number of ether oxygens (including phenoxy) is 1. The maximum absolute atomic E-state index is 12.6. The Balaban J connectivity index is 1.47. The van der Waals surface area contributed by atoms with Crippen molar-refractivity contribution in [3.8, 4) is 17.1 Å². The average Bonchev–Trinajstić information content (AvgIpc) is 3.26. The molecule has 0 unspecified atom stereocenters. The van der Waals surface area contributed by atoms with E-state index >= 15 is 0 Å². The topological polar surface area (TPSA) is 102 Å². The third-order valence-corrected chi connectivity index (χ3v) is 4.43. The lowest BCUT2D eigenvalue weighted by atomic mass is 10.1. The van der Waals surface area contributed by atoms with Crippen molar-refractivity contribution in [2.75, 3.05) is 17.2 Å². The Kier molecular flexibility index (Phi) is 6.18. The molecule has 31 heavy (non-hydrogen) atoms. The Morgan fingerprint density at radius 1 is 1.00 bits per heavy atom. The molecule has 156 valence electrons. The van der Waals surface area contributed by atoms with E-state index in [1.54, 1.807) is 18.5 Å². The number of anilines is 2. The van der Waals surface area contributed by atoms with E-state index in [4.69, 9.17) is 9.26 Å². The summed E-state index contributed by atoms with van der Waals surface area (Å²) in [7, 11) is 0.